The van der Waals surface area contributed by atoms with Gasteiger partial charge in [-0.1, -0.05) is 103 Å². The highest BCUT2D eigenvalue weighted by Crippen LogP contribution is 2.20. The third kappa shape index (κ3) is 16.2. The van der Waals surface area contributed by atoms with Crippen molar-refractivity contribution in [3.63, 3.8) is 0 Å². The van der Waals surface area contributed by atoms with Gasteiger partial charge in [0.15, 0.2) is 0 Å². The molecule has 0 aromatic heterocycles. The van der Waals surface area contributed by atoms with Gasteiger partial charge in [-0.3, -0.25) is 33.6 Å². The number of phenolic OH excluding ortho intramolecular Hbond substituents is 1. The van der Waals surface area contributed by atoms with Crippen LogP contribution in [0.5, 0.6) is 5.75 Å². The Kier molecular flexibility index (Phi) is 19.5. The summed E-state index contributed by atoms with van der Waals surface area (Å²) in [6.07, 6.45) is 1.69. The van der Waals surface area contributed by atoms with E-state index in [1.54, 1.807) is 91.0 Å². The van der Waals surface area contributed by atoms with Crippen LogP contribution in [0.15, 0.2) is 138 Å². The van der Waals surface area contributed by atoms with E-state index in [4.69, 9.17) is 15.2 Å². The molecule has 21 heteroatoms. The van der Waals surface area contributed by atoms with Crippen molar-refractivity contribution < 1.29 is 57.7 Å². The summed E-state index contributed by atoms with van der Waals surface area (Å²) in [6, 6.07) is 26.2. The average molecular weight is 998 g/mol. The fourth-order valence-electron chi connectivity index (χ4n) is 7.77. The second-order valence-electron chi connectivity index (χ2n) is 16.8. The molecule has 8 N–H and O–H groups in total. The van der Waals surface area contributed by atoms with Crippen molar-refractivity contribution in [2.75, 3.05) is 19.6 Å². The van der Waals surface area contributed by atoms with Crippen LogP contribution in [0.4, 0.5) is 9.59 Å². The van der Waals surface area contributed by atoms with Gasteiger partial charge in [-0.05, 0) is 72.2 Å². The molecule has 1 fully saturated rings. The number of carbonyl (C=O) groups is 9. The van der Waals surface area contributed by atoms with Crippen LogP contribution in [0, 0.1) is 0 Å². The molecular formula is C52H55N9O12. The number of nitrogens with one attached hydrogen (secondary N) is 5. The summed E-state index contributed by atoms with van der Waals surface area (Å²) in [5.74, 6) is -6.25. The number of phenols is 1. The van der Waals surface area contributed by atoms with Crippen LogP contribution in [0.3, 0.4) is 0 Å². The molecule has 0 radical (unpaired) electrons. The first kappa shape index (κ1) is 53.2. The van der Waals surface area contributed by atoms with Crippen LogP contribution in [-0.4, -0.2) is 119 Å². The summed E-state index contributed by atoms with van der Waals surface area (Å²) in [7, 11) is 0. The minimum absolute atomic E-state index is 0.0326. The van der Waals surface area contributed by atoms with Crippen LogP contribution < -0.4 is 32.3 Å². The number of rotatable bonds is 13. The first-order chi connectivity index (χ1) is 35.3. The highest BCUT2D eigenvalue weighted by atomic mass is 16.6. The molecule has 73 heavy (non-hydrogen) atoms. The molecule has 2 aliphatic heterocycles. The number of amides is 8. The number of carbonyl (C=O) groups excluding carboxylic acids is 9. The molecule has 0 aliphatic carbocycles. The molecule has 0 bridgehead atoms. The van der Waals surface area contributed by atoms with Gasteiger partial charge in [0.25, 0.3) is 5.91 Å². The second kappa shape index (κ2) is 26.7. The van der Waals surface area contributed by atoms with E-state index in [0.717, 1.165) is 11.0 Å². The zero-order chi connectivity index (χ0) is 52.1. The molecule has 4 aromatic rings. The maximum Gasteiger partial charge on any atom is 0.437 e. The van der Waals surface area contributed by atoms with E-state index in [1.807, 2.05) is 0 Å². The lowest BCUT2D eigenvalue weighted by atomic mass is 10.0. The van der Waals surface area contributed by atoms with Gasteiger partial charge in [-0.25, -0.2) is 14.5 Å². The summed E-state index contributed by atoms with van der Waals surface area (Å²) in [5.41, 5.74) is 8.62. The number of hydrogen-bond acceptors (Lipinski definition) is 12. The van der Waals surface area contributed by atoms with Crippen molar-refractivity contribution in [2.24, 2.45) is 10.7 Å². The van der Waals surface area contributed by atoms with Gasteiger partial charge >= 0.3 is 12.2 Å². The normalized spacial score (nSPS) is 20.1. The zero-order valence-electron chi connectivity index (χ0n) is 39.5. The number of aromatic hydroxyl groups is 1. The maximum absolute atomic E-state index is 14.4. The number of ether oxygens (including phenoxy) is 2. The summed E-state index contributed by atoms with van der Waals surface area (Å²) in [4.78, 5) is 128. The van der Waals surface area contributed by atoms with E-state index in [1.165, 1.54) is 41.3 Å². The van der Waals surface area contributed by atoms with Gasteiger partial charge in [-0.15, -0.1) is 4.99 Å². The van der Waals surface area contributed by atoms with Crippen LogP contribution in [0.1, 0.15) is 47.9 Å². The molecule has 0 spiro atoms. The number of benzene rings is 4. The number of guanidine groups is 1. The average Bonchev–Trinajstić information content (AvgIpc) is 3.90. The van der Waals surface area contributed by atoms with Gasteiger partial charge in [0.1, 0.15) is 37.1 Å². The van der Waals surface area contributed by atoms with Gasteiger partial charge in [-0.2, -0.15) is 0 Å². The number of fused-ring (bicyclic) bond motifs is 1. The Labute approximate surface area is 419 Å². The van der Waals surface area contributed by atoms with Crippen molar-refractivity contribution in [3.8, 4) is 5.75 Å². The monoisotopic (exact) mass is 997 g/mol. The molecule has 4 aromatic carbocycles. The molecule has 8 amide bonds. The van der Waals surface area contributed by atoms with Crippen LogP contribution >= 0.6 is 0 Å². The fraction of sp³-hybridized carbons (Fsp3) is 0.269. The Morgan fingerprint density at radius 2 is 1.42 bits per heavy atom. The molecule has 380 valence electrons. The van der Waals surface area contributed by atoms with E-state index in [0.29, 0.717) is 28.7 Å². The molecule has 6 rings (SSSR count). The third-order valence-corrected chi connectivity index (χ3v) is 11.5. The van der Waals surface area contributed by atoms with Crippen molar-refractivity contribution in [1.82, 2.24) is 36.4 Å². The SMILES string of the molecule is N/C(=N\C(=O)OCc1ccccc1)N(CCC[C@@H]1NC(=O)[C@@H]2CCCN2C(=O)[C@@H](NC=O)CNC(=O)/C=C/C(=C/c2ccc(O)cc2)NC(=O)[C@@H](Cc2ccccc2)NC(=O)C1=O)C(=O)OCc1ccccc1. The summed E-state index contributed by atoms with van der Waals surface area (Å²) >= 11 is 0. The van der Waals surface area contributed by atoms with Crippen molar-refractivity contribution in [3.05, 3.63) is 155 Å². The van der Waals surface area contributed by atoms with Crippen LogP contribution in [0.2, 0.25) is 0 Å². The predicted octanol–water partition coefficient (Wildman–Crippen LogP) is 2.49. The summed E-state index contributed by atoms with van der Waals surface area (Å²) < 4.78 is 10.8. The number of aliphatic imine (C=N–C) groups is 1. The highest BCUT2D eigenvalue weighted by molar-refractivity contribution is 6.38. The number of hydrogen-bond donors (Lipinski definition) is 7. The highest BCUT2D eigenvalue weighted by Gasteiger charge is 2.40. The van der Waals surface area contributed by atoms with Crippen LogP contribution in [0.25, 0.3) is 6.08 Å². The number of ketones is 1. The smallest absolute Gasteiger partial charge is 0.437 e. The Hall–Kier alpha value is -9.14. The molecule has 0 saturated carbocycles. The van der Waals surface area contributed by atoms with Gasteiger partial charge in [0.05, 0.1) is 6.04 Å². The van der Waals surface area contributed by atoms with Crippen LogP contribution in [-0.2, 0) is 62.7 Å². The maximum atomic E-state index is 14.4. The zero-order valence-corrected chi connectivity index (χ0v) is 39.5. The Bertz CT molecular complexity index is 2700. The number of Topliss-reactive ketones (excluding diaryl/α,β-unsaturated/α-hetero) is 1. The molecule has 1 saturated heterocycles. The summed E-state index contributed by atoms with van der Waals surface area (Å²) in [6.45, 7) is -1.08. The van der Waals surface area contributed by atoms with E-state index >= 15 is 0 Å². The molecule has 2 heterocycles. The second-order valence-corrected chi connectivity index (χ2v) is 16.8. The molecule has 2 aliphatic rings. The first-order valence-electron chi connectivity index (χ1n) is 23.3. The van der Waals surface area contributed by atoms with E-state index in [-0.39, 0.29) is 69.8 Å². The topological polar surface area (TPSA) is 297 Å². The lowest BCUT2D eigenvalue weighted by Crippen LogP contribution is -2.58. The Balaban J connectivity index is 1.31. The van der Waals surface area contributed by atoms with Crippen molar-refractivity contribution in [2.45, 2.75) is 69.5 Å². The van der Waals surface area contributed by atoms with Crippen molar-refractivity contribution in [1.29, 1.82) is 0 Å². The minimum Gasteiger partial charge on any atom is -0.508 e. The predicted molar refractivity (Wildman–Crippen MR) is 264 cm³/mol. The fourth-order valence-corrected chi connectivity index (χ4v) is 7.77. The standard InChI is InChI=1S/C52H55N9O12/c53-50(59-51(70)72-31-36-14-6-2-7-15-36)61(52(71)73-32-37-16-8-3-9-17-37)27-10-18-40-45(65)48(68)58-41(29-34-12-4-1-5-13-34)46(66)56-38(28-35-20-23-39(63)24-21-35)22-25-44(64)54-30-42(55-33-62)49(69)60-26-11-19-43(60)47(67)57-40/h1-9,12-17,20-25,28,33,40-43,63H,10-11,18-19,26-27,29-32H2,(H,54,64)(H,55,62)(H,56,66)(H,57,67)(H,58,68)(H2,53,59,70)/b25-22+,38-28-/t40-,41+,42-,43-/m0/s1. The summed E-state index contributed by atoms with van der Waals surface area (Å²) in [5, 5.41) is 22.6. The first-order valence-corrected chi connectivity index (χ1v) is 23.3. The largest absolute Gasteiger partial charge is 0.508 e. The number of nitrogens with zero attached hydrogens (tertiary/aromatic N) is 3. The van der Waals surface area contributed by atoms with E-state index in [2.05, 4.69) is 31.6 Å². The van der Waals surface area contributed by atoms with Gasteiger partial charge in [0.2, 0.25) is 41.8 Å². The van der Waals surface area contributed by atoms with Gasteiger partial charge in [0, 0.05) is 37.8 Å². The molecular weight excluding hydrogens is 943 g/mol. The third-order valence-electron chi connectivity index (χ3n) is 11.5. The lowest BCUT2D eigenvalue weighted by molar-refractivity contribution is -0.143. The Morgan fingerprint density at radius 1 is 0.795 bits per heavy atom. The molecule has 4 atom stereocenters. The van der Waals surface area contributed by atoms with E-state index < -0.39 is 84.2 Å². The van der Waals surface area contributed by atoms with Crippen molar-refractivity contribution >= 4 is 66.0 Å². The minimum atomic E-state index is -1.65. The quantitative estimate of drug-likeness (QED) is 0.0439. The lowest BCUT2D eigenvalue weighted by Gasteiger charge is -2.29. The molecule has 0 unspecified atom stereocenters. The molecule has 21 nitrogen and oxygen atoms in total. The Morgan fingerprint density at radius 3 is 2.07 bits per heavy atom. The van der Waals surface area contributed by atoms with E-state index in [9.17, 15) is 48.3 Å². The number of nitrogens with two attached hydrogens (primary N) is 1. The van der Waals surface area contributed by atoms with Gasteiger partial charge < -0.3 is 51.8 Å². The number of allylic oxidation sites excluding steroid dienone is 1.